The summed E-state index contributed by atoms with van der Waals surface area (Å²) < 4.78 is 15.8. The lowest BCUT2D eigenvalue weighted by molar-refractivity contribution is 0.134. The molecule has 2 aromatic heterocycles. The average Bonchev–Trinajstić information content (AvgIpc) is 3.06. The molecule has 1 aromatic carbocycles. The topological polar surface area (TPSA) is 67.7 Å². The van der Waals surface area contributed by atoms with E-state index in [1.54, 1.807) is 24.7 Å². The first kappa shape index (κ1) is 20.5. The van der Waals surface area contributed by atoms with Crippen LogP contribution in [0.2, 0.25) is 0 Å². The highest BCUT2D eigenvalue weighted by atomic mass is 19.1. The molecule has 6 nitrogen and oxygen atoms in total. The fourth-order valence-electron chi connectivity index (χ4n) is 4.90. The number of aromatic nitrogens is 4. The number of hydrogen-bond donors (Lipinski definition) is 2. The molecule has 7 heteroatoms. The van der Waals surface area contributed by atoms with Gasteiger partial charge in [0.25, 0.3) is 0 Å². The molecule has 3 heterocycles. The predicted octanol–water partition coefficient (Wildman–Crippen LogP) is 4.67. The lowest BCUT2D eigenvalue weighted by atomic mass is 9.79. The number of anilines is 1. The highest BCUT2D eigenvalue weighted by Gasteiger charge is 2.40. The molecular weight excluding hydrogens is 379 g/mol. The van der Waals surface area contributed by atoms with Crippen LogP contribution in [0.1, 0.15) is 46.6 Å². The number of nitrogens with zero attached hydrogens (tertiary/aromatic N) is 4. The number of hydrogen-bond acceptors (Lipinski definition) is 5. The molecule has 0 unspecified atom stereocenters. The second kappa shape index (κ2) is 7.47. The van der Waals surface area contributed by atoms with E-state index in [1.165, 1.54) is 12.1 Å². The van der Waals surface area contributed by atoms with Crippen LogP contribution in [0.25, 0.3) is 22.6 Å². The Kier molecular flexibility index (Phi) is 5.10. The maximum atomic E-state index is 13.6. The summed E-state index contributed by atoms with van der Waals surface area (Å²) in [5.74, 6) is 0.513. The van der Waals surface area contributed by atoms with Gasteiger partial charge in [-0.3, -0.25) is 0 Å². The van der Waals surface area contributed by atoms with E-state index >= 15 is 0 Å². The van der Waals surface area contributed by atoms with E-state index in [0.29, 0.717) is 0 Å². The second-order valence-electron chi connectivity index (χ2n) is 9.31. The number of halogens is 1. The molecule has 0 bridgehead atoms. The summed E-state index contributed by atoms with van der Waals surface area (Å²) in [6.45, 7) is 8.95. The third-order valence-electron chi connectivity index (χ3n) is 5.61. The number of benzene rings is 1. The Balaban J connectivity index is 1.94. The zero-order valence-electron chi connectivity index (χ0n) is 18.2. The van der Waals surface area contributed by atoms with Crippen molar-refractivity contribution in [2.24, 2.45) is 0 Å². The third-order valence-corrected chi connectivity index (χ3v) is 5.61. The van der Waals surface area contributed by atoms with E-state index < -0.39 is 0 Å². The minimum atomic E-state index is -0.266. The van der Waals surface area contributed by atoms with Gasteiger partial charge in [-0.2, -0.15) is 0 Å². The minimum Gasteiger partial charge on any atom is -0.359 e. The van der Waals surface area contributed by atoms with Crippen molar-refractivity contribution in [3.63, 3.8) is 0 Å². The van der Waals surface area contributed by atoms with Gasteiger partial charge in [0.15, 0.2) is 0 Å². The third kappa shape index (κ3) is 3.94. The number of rotatable bonds is 4. The summed E-state index contributed by atoms with van der Waals surface area (Å²) in [7, 11) is 1.88. The maximum Gasteiger partial charge on any atom is 0.203 e. The molecule has 1 fully saturated rings. The lowest BCUT2D eigenvalue weighted by Crippen LogP contribution is -2.58. The largest absolute Gasteiger partial charge is 0.359 e. The van der Waals surface area contributed by atoms with Crippen LogP contribution < -0.4 is 10.6 Å². The highest BCUT2D eigenvalue weighted by molar-refractivity contribution is 5.79. The summed E-state index contributed by atoms with van der Waals surface area (Å²) in [6.07, 6.45) is 5.19. The molecule has 30 heavy (non-hydrogen) atoms. The molecule has 1 aliphatic heterocycles. The van der Waals surface area contributed by atoms with Crippen LogP contribution in [0, 0.1) is 5.82 Å². The molecule has 0 radical (unpaired) electrons. The van der Waals surface area contributed by atoms with E-state index in [0.717, 1.165) is 41.4 Å². The van der Waals surface area contributed by atoms with Crippen molar-refractivity contribution in [2.45, 2.75) is 57.7 Å². The van der Waals surface area contributed by atoms with Gasteiger partial charge < -0.3 is 15.2 Å². The fraction of sp³-hybridized carbons (Fsp3) is 0.435. The van der Waals surface area contributed by atoms with Crippen molar-refractivity contribution in [3.05, 3.63) is 48.7 Å². The van der Waals surface area contributed by atoms with Crippen LogP contribution in [-0.2, 0) is 0 Å². The van der Waals surface area contributed by atoms with Gasteiger partial charge in [-0.25, -0.2) is 19.3 Å². The van der Waals surface area contributed by atoms with Crippen molar-refractivity contribution in [1.82, 2.24) is 24.8 Å². The van der Waals surface area contributed by atoms with Crippen molar-refractivity contribution >= 4 is 5.95 Å². The standard InChI is InChI=1S/C23H29FN6/c1-22(2)12-17(13-23(3,4)29-22)30-20(18-10-11-26-14-27-18)19(28-21(30)25-5)15-6-8-16(24)9-7-15/h6-11,14,17,29H,12-13H2,1-5H3,(H,25,28). The van der Waals surface area contributed by atoms with Gasteiger partial charge in [0.1, 0.15) is 17.8 Å². The lowest BCUT2D eigenvalue weighted by Gasteiger charge is -2.47. The van der Waals surface area contributed by atoms with Crippen LogP contribution in [0.15, 0.2) is 42.9 Å². The Hall–Kier alpha value is -2.80. The second-order valence-corrected chi connectivity index (χ2v) is 9.31. The minimum absolute atomic E-state index is 0.0271. The predicted molar refractivity (Wildman–Crippen MR) is 118 cm³/mol. The van der Waals surface area contributed by atoms with Crippen molar-refractivity contribution in [3.8, 4) is 22.6 Å². The Morgan fingerprint density at radius 2 is 1.73 bits per heavy atom. The van der Waals surface area contributed by atoms with Crippen molar-refractivity contribution in [2.75, 3.05) is 12.4 Å². The molecule has 0 amide bonds. The first-order chi connectivity index (χ1) is 14.2. The molecular formula is C23H29FN6. The van der Waals surface area contributed by atoms with E-state index in [-0.39, 0.29) is 22.9 Å². The van der Waals surface area contributed by atoms with Crippen LogP contribution >= 0.6 is 0 Å². The van der Waals surface area contributed by atoms with Gasteiger partial charge in [-0.1, -0.05) is 0 Å². The van der Waals surface area contributed by atoms with Gasteiger partial charge in [0.2, 0.25) is 5.95 Å². The van der Waals surface area contributed by atoms with Crippen LogP contribution in [0.4, 0.5) is 10.3 Å². The Bertz CT molecular complexity index is 1010. The Labute approximate surface area is 177 Å². The number of imidazole rings is 1. The quantitative estimate of drug-likeness (QED) is 0.657. The van der Waals surface area contributed by atoms with Gasteiger partial charge in [-0.15, -0.1) is 0 Å². The van der Waals surface area contributed by atoms with Crippen molar-refractivity contribution < 1.29 is 4.39 Å². The Morgan fingerprint density at radius 1 is 1.07 bits per heavy atom. The summed E-state index contributed by atoms with van der Waals surface area (Å²) in [6, 6.07) is 8.58. The SMILES string of the molecule is CNc1nc(-c2ccc(F)cc2)c(-c2ccncn2)n1C1CC(C)(C)NC(C)(C)C1. The van der Waals surface area contributed by atoms with Crippen molar-refractivity contribution in [1.29, 1.82) is 0 Å². The Morgan fingerprint density at radius 3 is 2.30 bits per heavy atom. The molecule has 3 aromatic rings. The molecule has 1 aliphatic rings. The molecule has 4 rings (SSSR count). The van der Waals surface area contributed by atoms with Crippen LogP contribution in [-0.4, -0.2) is 37.6 Å². The summed E-state index contributed by atoms with van der Waals surface area (Å²) in [5.41, 5.74) is 3.31. The summed E-state index contributed by atoms with van der Waals surface area (Å²) in [5, 5.41) is 7.02. The zero-order chi connectivity index (χ0) is 21.5. The summed E-state index contributed by atoms with van der Waals surface area (Å²) in [4.78, 5) is 13.5. The monoisotopic (exact) mass is 408 g/mol. The van der Waals surface area contributed by atoms with E-state index in [2.05, 4.69) is 52.9 Å². The molecule has 0 atom stereocenters. The first-order valence-corrected chi connectivity index (χ1v) is 10.3. The molecule has 2 N–H and O–H groups in total. The molecule has 0 aliphatic carbocycles. The molecule has 158 valence electrons. The van der Waals surface area contributed by atoms with E-state index in [9.17, 15) is 4.39 Å². The van der Waals surface area contributed by atoms with Gasteiger partial charge in [-0.05, 0) is 70.9 Å². The molecule has 0 spiro atoms. The zero-order valence-corrected chi connectivity index (χ0v) is 18.2. The van der Waals surface area contributed by atoms with Gasteiger partial charge >= 0.3 is 0 Å². The molecule has 1 saturated heterocycles. The molecule has 0 saturated carbocycles. The maximum absolute atomic E-state index is 13.6. The van der Waals surface area contributed by atoms with Gasteiger partial charge in [0, 0.05) is 35.9 Å². The normalized spacial score (nSPS) is 18.3. The van der Waals surface area contributed by atoms with E-state index in [1.807, 2.05) is 13.1 Å². The van der Waals surface area contributed by atoms with Crippen LogP contribution in [0.3, 0.4) is 0 Å². The number of nitrogens with one attached hydrogen (secondary N) is 2. The van der Waals surface area contributed by atoms with E-state index in [4.69, 9.17) is 4.98 Å². The highest BCUT2D eigenvalue weighted by Crippen LogP contribution is 2.43. The smallest absolute Gasteiger partial charge is 0.203 e. The van der Waals surface area contributed by atoms with Crippen LogP contribution in [0.5, 0.6) is 0 Å². The van der Waals surface area contributed by atoms with Gasteiger partial charge in [0.05, 0.1) is 11.4 Å². The first-order valence-electron chi connectivity index (χ1n) is 10.3. The summed E-state index contributed by atoms with van der Waals surface area (Å²) >= 11 is 0. The average molecular weight is 409 g/mol. The number of piperidine rings is 1. The fourth-order valence-corrected chi connectivity index (χ4v) is 4.90.